The summed E-state index contributed by atoms with van der Waals surface area (Å²) < 4.78 is 5.69. The van der Waals surface area contributed by atoms with Crippen LogP contribution in [0.25, 0.3) is 0 Å². The van der Waals surface area contributed by atoms with Crippen molar-refractivity contribution in [1.82, 2.24) is 0 Å². The zero-order valence-corrected chi connectivity index (χ0v) is 11.0. The lowest BCUT2D eigenvalue weighted by Crippen LogP contribution is -2.24. The molecule has 0 fully saturated rings. The third kappa shape index (κ3) is 3.48. The Kier molecular flexibility index (Phi) is 3.81. The van der Waals surface area contributed by atoms with E-state index in [1.165, 1.54) is 6.07 Å². The molecule has 3 nitrogen and oxygen atoms in total. The molecular formula is C14H19O3-. The van der Waals surface area contributed by atoms with Crippen LogP contribution in [0.5, 0.6) is 5.75 Å². The smallest absolute Gasteiger partial charge is 0.123 e. The number of carboxylic acids is 1. The molecule has 0 bridgehead atoms. The highest BCUT2D eigenvalue weighted by Crippen LogP contribution is 2.32. The molecule has 0 radical (unpaired) electrons. The SMILES string of the molecule is CC(C)Oc1ccc(C(=O)[O-])cc1C(C)(C)C. The molecule has 94 valence electrons. The van der Waals surface area contributed by atoms with Gasteiger partial charge in [0, 0.05) is 5.56 Å². The summed E-state index contributed by atoms with van der Waals surface area (Å²) in [5, 5.41) is 10.9. The predicted octanol–water partition coefficient (Wildman–Crippen LogP) is 2.13. The zero-order chi connectivity index (χ0) is 13.2. The highest BCUT2D eigenvalue weighted by molar-refractivity contribution is 5.86. The highest BCUT2D eigenvalue weighted by Gasteiger charge is 2.20. The number of carboxylic acid groups (broad SMARTS) is 1. The lowest BCUT2D eigenvalue weighted by Gasteiger charge is -2.25. The quantitative estimate of drug-likeness (QED) is 0.806. The van der Waals surface area contributed by atoms with Crippen LogP contribution in [0, 0.1) is 0 Å². The minimum atomic E-state index is -1.16. The first-order valence-corrected chi connectivity index (χ1v) is 5.74. The molecule has 3 heteroatoms. The van der Waals surface area contributed by atoms with E-state index in [9.17, 15) is 9.90 Å². The molecule has 0 aromatic heterocycles. The minimum absolute atomic E-state index is 0.0601. The van der Waals surface area contributed by atoms with Crippen molar-refractivity contribution in [1.29, 1.82) is 0 Å². The minimum Gasteiger partial charge on any atom is -0.545 e. The molecule has 1 aromatic rings. The third-order valence-corrected chi connectivity index (χ3v) is 2.39. The van der Waals surface area contributed by atoms with Gasteiger partial charge in [-0.3, -0.25) is 0 Å². The van der Waals surface area contributed by atoms with E-state index in [0.717, 1.165) is 11.3 Å². The first-order valence-electron chi connectivity index (χ1n) is 5.74. The van der Waals surface area contributed by atoms with Crippen LogP contribution in [-0.2, 0) is 5.41 Å². The number of benzene rings is 1. The monoisotopic (exact) mass is 235 g/mol. The van der Waals surface area contributed by atoms with Crippen molar-refractivity contribution in [2.45, 2.75) is 46.1 Å². The topological polar surface area (TPSA) is 49.4 Å². The number of rotatable bonds is 3. The van der Waals surface area contributed by atoms with Gasteiger partial charge in [-0.25, -0.2) is 0 Å². The first kappa shape index (κ1) is 13.6. The third-order valence-electron chi connectivity index (χ3n) is 2.39. The predicted molar refractivity (Wildman–Crippen MR) is 65.2 cm³/mol. The van der Waals surface area contributed by atoms with Crippen molar-refractivity contribution in [2.75, 3.05) is 0 Å². The maximum Gasteiger partial charge on any atom is 0.123 e. The number of hydrogen-bond donors (Lipinski definition) is 0. The van der Waals surface area contributed by atoms with E-state index in [-0.39, 0.29) is 17.1 Å². The number of carbonyl (C=O) groups excluding carboxylic acids is 1. The van der Waals surface area contributed by atoms with Gasteiger partial charge in [0.05, 0.1) is 12.1 Å². The molecule has 0 amide bonds. The van der Waals surface area contributed by atoms with E-state index in [1.807, 2.05) is 34.6 Å². The molecule has 0 aliphatic rings. The summed E-state index contributed by atoms with van der Waals surface area (Å²) in [6, 6.07) is 4.85. The average molecular weight is 235 g/mol. The lowest BCUT2D eigenvalue weighted by atomic mass is 9.85. The van der Waals surface area contributed by atoms with Crippen LogP contribution in [-0.4, -0.2) is 12.1 Å². The fraction of sp³-hybridized carbons (Fsp3) is 0.500. The molecule has 0 unspecified atom stereocenters. The van der Waals surface area contributed by atoms with Crippen molar-refractivity contribution in [3.63, 3.8) is 0 Å². The summed E-state index contributed by atoms with van der Waals surface area (Å²) >= 11 is 0. The van der Waals surface area contributed by atoms with Crippen LogP contribution in [0.15, 0.2) is 18.2 Å². The van der Waals surface area contributed by atoms with Gasteiger partial charge >= 0.3 is 0 Å². The van der Waals surface area contributed by atoms with Gasteiger partial charge in [-0.05, 0) is 43.0 Å². The molecule has 1 rings (SSSR count). The van der Waals surface area contributed by atoms with Crippen LogP contribution in [0.3, 0.4) is 0 Å². The Morgan fingerprint density at radius 2 is 1.88 bits per heavy atom. The lowest BCUT2D eigenvalue weighted by molar-refractivity contribution is -0.255. The summed E-state index contributed by atoms with van der Waals surface area (Å²) in [6.07, 6.45) is 0.0601. The zero-order valence-electron chi connectivity index (χ0n) is 11.0. The molecule has 0 spiro atoms. The Morgan fingerprint density at radius 3 is 2.29 bits per heavy atom. The first-order chi connectivity index (χ1) is 7.71. The fourth-order valence-electron chi connectivity index (χ4n) is 1.60. The molecule has 0 aliphatic heterocycles. The van der Waals surface area contributed by atoms with Crippen molar-refractivity contribution >= 4 is 5.97 Å². The Bertz CT molecular complexity index is 414. The van der Waals surface area contributed by atoms with E-state index in [4.69, 9.17) is 4.74 Å². The largest absolute Gasteiger partial charge is 0.545 e. The number of aromatic carboxylic acids is 1. The molecule has 0 N–H and O–H groups in total. The molecule has 17 heavy (non-hydrogen) atoms. The Balaban J connectivity index is 3.27. The van der Waals surface area contributed by atoms with Crippen LogP contribution in [0.4, 0.5) is 0 Å². The van der Waals surface area contributed by atoms with E-state index in [2.05, 4.69) is 0 Å². The van der Waals surface area contributed by atoms with Gasteiger partial charge in [0.25, 0.3) is 0 Å². The number of carbonyl (C=O) groups is 1. The van der Waals surface area contributed by atoms with Gasteiger partial charge in [-0.2, -0.15) is 0 Å². The summed E-state index contributed by atoms with van der Waals surface area (Å²) in [5.74, 6) is -0.427. The highest BCUT2D eigenvalue weighted by atomic mass is 16.5. The maximum absolute atomic E-state index is 10.9. The molecule has 0 heterocycles. The Morgan fingerprint density at radius 1 is 1.29 bits per heavy atom. The van der Waals surface area contributed by atoms with Gasteiger partial charge < -0.3 is 14.6 Å². The van der Waals surface area contributed by atoms with Gasteiger partial charge in [0.15, 0.2) is 0 Å². The maximum atomic E-state index is 10.9. The number of hydrogen-bond acceptors (Lipinski definition) is 3. The molecule has 0 saturated carbocycles. The second kappa shape index (κ2) is 4.78. The molecule has 1 aromatic carbocycles. The van der Waals surface area contributed by atoms with Gasteiger partial charge in [-0.1, -0.05) is 20.8 Å². The van der Waals surface area contributed by atoms with Gasteiger partial charge in [0.2, 0.25) is 0 Å². The Labute approximate surface area is 102 Å². The van der Waals surface area contributed by atoms with Crippen molar-refractivity contribution in [3.8, 4) is 5.75 Å². The van der Waals surface area contributed by atoms with Gasteiger partial charge in [-0.15, -0.1) is 0 Å². The normalized spacial score (nSPS) is 11.6. The standard InChI is InChI=1S/C14H20O3/c1-9(2)17-12-7-6-10(13(15)16)8-11(12)14(3,4)5/h6-9H,1-5H3,(H,15,16)/p-1. The summed E-state index contributed by atoms with van der Waals surface area (Å²) in [5.41, 5.74) is 0.898. The van der Waals surface area contributed by atoms with Crippen molar-refractivity contribution in [2.24, 2.45) is 0 Å². The van der Waals surface area contributed by atoms with Crippen LogP contribution in [0.1, 0.15) is 50.5 Å². The summed E-state index contributed by atoms with van der Waals surface area (Å²) in [6.45, 7) is 9.95. The van der Waals surface area contributed by atoms with E-state index in [1.54, 1.807) is 12.1 Å². The van der Waals surface area contributed by atoms with Crippen molar-refractivity contribution in [3.05, 3.63) is 29.3 Å². The van der Waals surface area contributed by atoms with E-state index in [0.29, 0.717) is 0 Å². The molecule has 0 saturated heterocycles. The van der Waals surface area contributed by atoms with Crippen LogP contribution >= 0.6 is 0 Å². The summed E-state index contributed by atoms with van der Waals surface area (Å²) in [7, 11) is 0. The van der Waals surface area contributed by atoms with E-state index < -0.39 is 5.97 Å². The van der Waals surface area contributed by atoms with Crippen LogP contribution < -0.4 is 9.84 Å². The Hall–Kier alpha value is -1.51. The summed E-state index contributed by atoms with van der Waals surface area (Å²) in [4.78, 5) is 10.9. The van der Waals surface area contributed by atoms with Crippen LogP contribution in [0.2, 0.25) is 0 Å². The van der Waals surface area contributed by atoms with Crippen molar-refractivity contribution < 1.29 is 14.6 Å². The second-order valence-corrected chi connectivity index (χ2v) is 5.42. The molecular weight excluding hydrogens is 216 g/mol. The van der Waals surface area contributed by atoms with E-state index >= 15 is 0 Å². The molecule has 0 aliphatic carbocycles. The fourth-order valence-corrected chi connectivity index (χ4v) is 1.60. The van der Waals surface area contributed by atoms with Gasteiger partial charge in [0.1, 0.15) is 5.75 Å². The number of ether oxygens (including phenoxy) is 1. The molecule has 0 atom stereocenters. The average Bonchev–Trinajstić information content (AvgIpc) is 2.15. The second-order valence-electron chi connectivity index (χ2n) is 5.42.